The molecule has 0 saturated carbocycles. The number of furan rings is 1. The molecule has 1 aliphatic heterocycles. The number of hydrogen-bond acceptors (Lipinski definition) is 6. The predicted molar refractivity (Wildman–Crippen MR) is 124 cm³/mol. The number of carboxylic acid groups (broad SMARTS) is 1. The number of carboxylic acids is 1. The molecule has 0 unspecified atom stereocenters. The van der Waals surface area contributed by atoms with Crippen LogP contribution in [0.2, 0.25) is 0 Å². The van der Waals surface area contributed by atoms with Crippen molar-refractivity contribution in [1.82, 2.24) is 9.55 Å². The number of aromatic carboxylic acids is 1. The van der Waals surface area contributed by atoms with Crippen molar-refractivity contribution < 1.29 is 19.2 Å². The van der Waals surface area contributed by atoms with Crippen molar-refractivity contribution >= 4 is 50.1 Å². The molecule has 0 atom stereocenters. The average Bonchev–Trinajstić information content (AvgIpc) is 3.41. The van der Waals surface area contributed by atoms with E-state index in [1.165, 1.54) is 30.3 Å². The van der Waals surface area contributed by atoms with Gasteiger partial charge in [0.2, 0.25) is 0 Å². The molecule has 9 nitrogen and oxygen atoms in total. The molecule has 0 fully saturated rings. The molecule has 2 aromatic heterocycles. The molecule has 0 bridgehead atoms. The van der Waals surface area contributed by atoms with Crippen molar-refractivity contribution in [3.63, 3.8) is 0 Å². The van der Waals surface area contributed by atoms with Gasteiger partial charge in [-0.1, -0.05) is 0 Å². The molecule has 5 rings (SSSR count). The van der Waals surface area contributed by atoms with Crippen molar-refractivity contribution in [3.8, 4) is 11.3 Å². The second-order valence-electron chi connectivity index (χ2n) is 7.47. The third-order valence-electron chi connectivity index (χ3n) is 5.47. The van der Waals surface area contributed by atoms with Crippen LogP contribution >= 0.6 is 15.9 Å². The van der Waals surface area contributed by atoms with Gasteiger partial charge in [0.15, 0.2) is 0 Å². The largest absolute Gasteiger partial charge is 0.478 e. The first-order chi connectivity index (χ1) is 15.8. The van der Waals surface area contributed by atoms with E-state index in [0.29, 0.717) is 51.2 Å². The van der Waals surface area contributed by atoms with Crippen LogP contribution < -0.4 is 5.56 Å². The lowest BCUT2D eigenvalue weighted by Crippen LogP contribution is -2.20. The SMILES string of the molecule is O=C(O)c1ccc2c(=O)n3c(nc2c1)/C(=C/c1ccc(-c2ccc([N+](=O)[O-])cc2Br)o1)CC3. The molecule has 0 saturated heterocycles. The van der Waals surface area contributed by atoms with E-state index in [1.54, 1.807) is 28.8 Å². The molecule has 2 aromatic carbocycles. The first kappa shape index (κ1) is 20.8. The molecule has 0 aliphatic carbocycles. The van der Waals surface area contributed by atoms with Crippen molar-refractivity contribution in [2.45, 2.75) is 13.0 Å². The molecule has 1 N–H and O–H groups in total. The maximum Gasteiger partial charge on any atom is 0.335 e. The molecule has 4 aromatic rings. The van der Waals surface area contributed by atoms with Crippen molar-refractivity contribution in [1.29, 1.82) is 0 Å². The average molecular weight is 508 g/mol. The van der Waals surface area contributed by atoms with Gasteiger partial charge in [-0.2, -0.15) is 0 Å². The summed E-state index contributed by atoms with van der Waals surface area (Å²) < 4.78 is 8.03. The highest BCUT2D eigenvalue weighted by molar-refractivity contribution is 9.10. The summed E-state index contributed by atoms with van der Waals surface area (Å²) in [6.45, 7) is 0.463. The van der Waals surface area contributed by atoms with Crippen LogP contribution in [0.5, 0.6) is 0 Å². The van der Waals surface area contributed by atoms with Crippen LogP contribution in [-0.2, 0) is 6.54 Å². The summed E-state index contributed by atoms with van der Waals surface area (Å²) in [5.74, 6) is 0.448. The zero-order valence-corrected chi connectivity index (χ0v) is 18.4. The van der Waals surface area contributed by atoms with Gasteiger partial charge >= 0.3 is 5.97 Å². The normalized spacial score (nSPS) is 14.0. The summed E-state index contributed by atoms with van der Waals surface area (Å²) >= 11 is 3.35. The smallest absolute Gasteiger partial charge is 0.335 e. The quantitative estimate of drug-likeness (QED) is 0.305. The maximum absolute atomic E-state index is 12.9. The molecule has 164 valence electrons. The van der Waals surface area contributed by atoms with E-state index in [1.807, 2.05) is 0 Å². The van der Waals surface area contributed by atoms with Crippen LogP contribution in [0, 0.1) is 10.1 Å². The van der Waals surface area contributed by atoms with E-state index in [9.17, 15) is 24.8 Å². The van der Waals surface area contributed by atoms with E-state index in [-0.39, 0.29) is 16.8 Å². The lowest BCUT2D eigenvalue weighted by atomic mass is 10.1. The first-order valence-corrected chi connectivity index (χ1v) is 10.6. The fraction of sp³-hybridized carbons (Fsp3) is 0.0870. The highest BCUT2D eigenvalue weighted by Crippen LogP contribution is 2.34. The van der Waals surface area contributed by atoms with E-state index < -0.39 is 10.9 Å². The Morgan fingerprint density at radius 1 is 1.21 bits per heavy atom. The first-order valence-electron chi connectivity index (χ1n) is 9.85. The standard InChI is InChI=1S/C23H14BrN3O6/c24-18-11-14(27(31)32)2-5-16(18)20-6-3-15(33-20)9-12-7-8-26-21(12)25-19-10-13(23(29)30)1-4-17(19)22(26)28/h1-6,9-11H,7-8H2,(H,29,30)/b12-9+. The Kier molecular flexibility index (Phi) is 4.94. The number of allylic oxidation sites excluding steroid dienone is 1. The van der Waals surface area contributed by atoms with Crippen molar-refractivity contribution in [2.24, 2.45) is 0 Å². The monoisotopic (exact) mass is 507 g/mol. The number of benzene rings is 2. The summed E-state index contributed by atoms with van der Waals surface area (Å²) in [7, 11) is 0. The number of non-ortho nitro benzene ring substituents is 1. The van der Waals surface area contributed by atoms with Gasteiger partial charge in [-0.3, -0.25) is 19.5 Å². The minimum Gasteiger partial charge on any atom is -0.478 e. The molecule has 0 amide bonds. The van der Waals surface area contributed by atoms with E-state index in [0.717, 1.165) is 5.57 Å². The minimum atomic E-state index is -1.09. The van der Waals surface area contributed by atoms with Crippen LogP contribution in [0.15, 0.2) is 62.2 Å². The number of hydrogen-bond donors (Lipinski definition) is 1. The predicted octanol–water partition coefficient (Wildman–Crippen LogP) is 4.97. The Morgan fingerprint density at radius 2 is 2.03 bits per heavy atom. The fourth-order valence-corrected chi connectivity index (χ4v) is 4.41. The lowest BCUT2D eigenvalue weighted by molar-refractivity contribution is -0.384. The van der Waals surface area contributed by atoms with Gasteiger partial charge in [-0.25, -0.2) is 9.78 Å². The Bertz CT molecular complexity index is 1570. The van der Waals surface area contributed by atoms with Gasteiger partial charge in [0, 0.05) is 34.3 Å². The topological polar surface area (TPSA) is 128 Å². The summed E-state index contributed by atoms with van der Waals surface area (Å²) in [6.07, 6.45) is 2.36. The van der Waals surface area contributed by atoms with Gasteiger partial charge < -0.3 is 9.52 Å². The van der Waals surface area contributed by atoms with Gasteiger partial charge in [-0.15, -0.1) is 0 Å². The Hall–Kier alpha value is -4.05. The zero-order valence-electron chi connectivity index (χ0n) is 16.8. The van der Waals surface area contributed by atoms with Crippen LogP contribution in [-0.4, -0.2) is 25.6 Å². The highest BCUT2D eigenvalue weighted by Gasteiger charge is 2.22. The number of nitro benzene ring substituents is 1. The van der Waals surface area contributed by atoms with E-state index in [2.05, 4.69) is 20.9 Å². The summed E-state index contributed by atoms with van der Waals surface area (Å²) in [5, 5.41) is 20.6. The van der Waals surface area contributed by atoms with Gasteiger partial charge in [-0.05, 0) is 64.8 Å². The number of carbonyl (C=O) groups is 1. The molecular formula is C23H14BrN3O6. The molecule has 33 heavy (non-hydrogen) atoms. The number of aromatic nitrogens is 2. The van der Waals surface area contributed by atoms with Crippen LogP contribution in [0.3, 0.4) is 0 Å². The van der Waals surface area contributed by atoms with Crippen molar-refractivity contribution in [2.75, 3.05) is 0 Å². The number of nitro groups is 1. The highest BCUT2D eigenvalue weighted by atomic mass is 79.9. The minimum absolute atomic E-state index is 0.0307. The third-order valence-corrected chi connectivity index (χ3v) is 6.12. The Labute approximate surface area is 193 Å². The Balaban J connectivity index is 1.53. The van der Waals surface area contributed by atoms with Crippen LogP contribution in [0.25, 0.3) is 33.9 Å². The summed E-state index contributed by atoms with van der Waals surface area (Å²) in [4.78, 5) is 39.2. The second kappa shape index (κ2) is 7.82. The van der Waals surface area contributed by atoms with Gasteiger partial charge in [0.25, 0.3) is 11.2 Å². The molecular weight excluding hydrogens is 494 g/mol. The fourth-order valence-electron chi connectivity index (χ4n) is 3.85. The number of halogens is 1. The third kappa shape index (κ3) is 3.64. The molecule has 10 heteroatoms. The van der Waals surface area contributed by atoms with Gasteiger partial charge in [0.05, 0.1) is 21.4 Å². The van der Waals surface area contributed by atoms with Gasteiger partial charge in [0.1, 0.15) is 17.3 Å². The van der Waals surface area contributed by atoms with Crippen LogP contribution in [0.4, 0.5) is 5.69 Å². The summed E-state index contributed by atoms with van der Waals surface area (Å²) in [6, 6.07) is 12.2. The zero-order chi connectivity index (χ0) is 23.3. The lowest BCUT2D eigenvalue weighted by Gasteiger charge is -2.06. The number of rotatable bonds is 4. The maximum atomic E-state index is 12.9. The number of nitrogens with zero attached hydrogens (tertiary/aromatic N) is 3. The molecule has 0 radical (unpaired) electrons. The van der Waals surface area contributed by atoms with Crippen LogP contribution in [0.1, 0.15) is 28.4 Å². The summed E-state index contributed by atoms with van der Waals surface area (Å²) in [5.41, 5.74) is 1.60. The molecule has 3 heterocycles. The van der Waals surface area contributed by atoms with Crippen molar-refractivity contribution in [3.05, 3.63) is 90.6 Å². The Morgan fingerprint density at radius 3 is 2.76 bits per heavy atom. The molecule has 0 spiro atoms. The number of fused-ring (bicyclic) bond motifs is 2. The molecule has 1 aliphatic rings. The van der Waals surface area contributed by atoms with E-state index in [4.69, 9.17) is 4.42 Å². The van der Waals surface area contributed by atoms with E-state index >= 15 is 0 Å². The second-order valence-corrected chi connectivity index (χ2v) is 8.33.